The number of nitrogens with zero attached hydrogens (tertiary/aromatic N) is 4. The van der Waals surface area contributed by atoms with Gasteiger partial charge in [0.15, 0.2) is 17.4 Å². The number of carbonyl (C=O) groups is 2. The summed E-state index contributed by atoms with van der Waals surface area (Å²) < 4.78 is 5.19. The number of piperazine rings is 1. The zero-order valence-corrected chi connectivity index (χ0v) is 15.8. The summed E-state index contributed by atoms with van der Waals surface area (Å²) in [6, 6.07) is 7.06. The summed E-state index contributed by atoms with van der Waals surface area (Å²) in [4.78, 5) is 28.5. The molecule has 8 nitrogen and oxygen atoms in total. The third kappa shape index (κ3) is 4.16. The standard InChI is InChI=1S/C20H25N5O3/c26-19(15-5-2-1-3-6-15)21-17-8-9-18(23-22-17)24-10-12-25(13-11-24)20(27)16-7-4-14-28-16/h4,7-9,14-15H,1-3,5-6,10-13H2,(H,21,22,26). The second kappa shape index (κ2) is 8.41. The highest BCUT2D eigenvalue weighted by Crippen LogP contribution is 2.25. The van der Waals surface area contributed by atoms with Gasteiger partial charge in [0.2, 0.25) is 5.91 Å². The van der Waals surface area contributed by atoms with Crippen LogP contribution in [-0.2, 0) is 4.79 Å². The van der Waals surface area contributed by atoms with E-state index in [4.69, 9.17) is 4.42 Å². The lowest BCUT2D eigenvalue weighted by Crippen LogP contribution is -2.49. The molecule has 2 aromatic rings. The Bertz CT molecular complexity index is 792. The number of amides is 2. The number of furan rings is 1. The van der Waals surface area contributed by atoms with E-state index in [9.17, 15) is 9.59 Å². The van der Waals surface area contributed by atoms with E-state index in [1.165, 1.54) is 12.7 Å². The Morgan fingerprint density at radius 1 is 1.00 bits per heavy atom. The first kappa shape index (κ1) is 18.5. The molecule has 148 valence electrons. The number of hydrogen-bond acceptors (Lipinski definition) is 6. The topological polar surface area (TPSA) is 91.6 Å². The number of nitrogens with one attached hydrogen (secondary N) is 1. The van der Waals surface area contributed by atoms with Crippen molar-refractivity contribution in [2.24, 2.45) is 5.92 Å². The molecular weight excluding hydrogens is 358 g/mol. The van der Waals surface area contributed by atoms with Gasteiger partial charge in [-0.2, -0.15) is 0 Å². The molecule has 0 spiro atoms. The van der Waals surface area contributed by atoms with Gasteiger partial charge in [0.25, 0.3) is 5.91 Å². The van der Waals surface area contributed by atoms with E-state index in [0.717, 1.165) is 31.5 Å². The summed E-state index contributed by atoms with van der Waals surface area (Å²) in [5.74, 6) is 1.66. The van der Waals surface area contributed by atoms with Crippen molar-refractivity contribution in [3.8, 4) is 0 Å². The fourth-order valence-electron chi connectivity index (χ4n) is 3.85. The van der Waals surface area contributed by atoms with Gasteiger partial charge >= 0.3 is 0 Å². The SMILES string of the molecule is O=C(Nc1ccc(N2CCN(C(=O)c3ccco3)CC2)nn1)C1CCCCC1. The van der Waals surface area contributed by atoms with Gasteiger partial charge in [-0.1, -0.05) is 19.3 Å². The lowest BCUT2D eigenvalue weighted by atomic mass is 9.89. The minimum Gasteiger partial charge on any atom is -0.459 e. The molecule has 2 aromatic heterocycles. The molecular formula is C20H25N5O3. The lowest BCUT2D eigenvalue weighted by molar-refractivity contribution is -0.120. The van der Waals surface area contributed by atoms with Crippen LogP contribution in [0.25, 0.3) is 0 Å². The molecule has 0 aromatic carbocycles. The van der Waals surface area contributed by atoms with Crippen molar-refractivity contribution in [3.05, 3.63) is 36.3 Å². The van der Waals surface area contributed by atoms with Crippen LogP contribution in [0.1, 0.15) is 42.7 Å². The number of rotatable bonds is 4. The monoisotopic (exact) mass is 383 g/mol. The van der Waals surface area contributed by atoms with Gasteiger partial charge in [-0.25, -0.2) is 0 Å². The maximum atomic E-state index is 12.3. The summed E-state index contributed by atoms with van der Waals surface area (Å²) in [6.45, 7) is 2.55. The zero-order chi connectivity index (χ0) is 19.3. The molecule has 1 saturated carbocycles. The van der Waals surface area contributed by atoms with Crippen molar-refractivity contribution in [2.45, 2.75) is 32.1 Å². The van der Waals surface area contributed by atoms with Crippen LogP contribution in [0.5, 0.6) is 0 Å². The second-order valence-corrected chi connectivity index (χ2v) is 7.36. The average molecular weight is 383 g/mol. The highest BCUT2D eigenvalue weighted by molar-refractivity contribution is 5.92. The molecule has 2 aliphatic rings. The predicted octanol–water partition coefficient (Wildman–Crippen LogP) is 2.55. The normalized spacial score (nSPS) is 18.1. The van der Waals surface area contributed by atoms with Crippen LogP contribution in [0, 0.1) is 5.92 Å². The summed E-state index contributed by atoms with van der Waals surface area (Å²) >= 11 is 0. The first-order valence-corrected chi connectivity index (χ1v) is 9.93. The molecule has 0 radical (unpaired) electrons. The molecule has 28 heavy (non-hydrogen) atoms. The first-order chi connectivity index (χ1) is 13.7. The van der Waals surface area contributed by atoms with Gasteiger partial charge in [-0.3, -0.25) is 9.59 Å². The molecule has 2 amide bonds. The van der Waals surface area contributed by atoms with Crippen molar-refractivity contribution in [1.29, 1.82) is 0 Å². The quantitative estimate of drug-likeness (QED) is 0.872. The third-order valence-electron chi connectivity index (χ3n) is 5.50. The zero-order valence-electron chi connectivity index (χ0n) is 15.8. The van der Waals surface area contributed by atoms with Crippen LogP contribution in [-0.4, -0.2) is 53.1 Å². The minimum absolute atomic E-state index is 0.0480. The molecule has 1 N–H and O–H groups in total. The summed E-state index contributed by atoms with van der Waals surface area (Å²) in [5, 5.41) is 11.3. The van der Waals surface area contributed by atoms with Gasteiger partial charge < -0.3 is 19.5 Å². The molecule has 1 aliphatic carbocycles. The predicted molar refractivity (Wildman–Crippen MR) is 104 cm³/mol. The van der Waals surface area contributed by atoms with E-state index in [2.05, 4.69) is 20.4 Å². The number of carbonyl (C=O) groups excluding carboxylic acids is 2. The van der Waals surface area contributed by atoms with E-state index < -0.39 is 0 Å². The van der Waals surface area contributed by atoms with Crippen molar-refractivity contribution < 1.29 is 14.0 Å². The van der Waals surface area contributed by atoms with Gasteiger partial charge in [-0.05, 0) is 37.1 Å². The van der Waals surface area contributed by atoms with Crippen LogP contribution in [0.2, 0.25) is 0 Å². The van der Waals surface area contributed by atoms with E-state index in [1.54, 1.807) is 23.1 Å². The molecule has 0 unspecified atom stereocenters. The second-order valence-electron chi connectivity index (χ2n) is 7.36. The molecule has 0 bridgehead atoms. The molecule has 2 fully saturated rings. The summed E-state index contributed by atoms with van der Waals surface area (Å²) in [5.41, 5.74) is 0. The lowest BCUT2D eigenvalue weighted by Gasteiger charge is -2.34. The van der Waals surface area contributed by atoms with Gasteiger partial charge in [0.05, 0.1) is 6.26 Å². The first-order valence-electron chi connectivity index (χ1n) is 9.93. The minimum atomic E-state index is -0.0866. The van der Waals surface area contributed by atoms with Gasteiger partial charge in [0, 0.05) is 32.1 Å². The van der Waals surface area contributed by atoms with Crippen molar-refractivity contribution in [2.75, 3.05) is 36.4 Å². The molecule has 0 atom stereocenters. The Hall–Kier alpha value is -2.90. The smallest absolute Gasteiger partial charge is 0.289 e. The van der Waals surface area contributed by atoms with E-state index in [-0.39, 0.29) is 17.7 Å². The number of anilines is 2. The largest absolute Gasteiger partial charge is 0.459 e. The average Bonchev–Trinajstić information content (AvgIpc) is 3.29. The van der Waals surface area contributed by atoms with Crippen molar-refractivity contribution >= 4 is 23.5 Å². The van der Waals surface area contributed by atoms with Crippen molar-refractivity contribution in [1.82, 2.24) is 15.1 Å². The highest BCUT2D eigenvalue weighted by Gasteiger charge is 2.25. The molecule has 8 heteroatoms. The Morgan fingerprint density at radius 2 is 1.79 bits per heavy atom. The fraction of sp³-hybridized carbons (Fsp3) is 0.500. The van der Waals surface area contributed by atoms with Gasteiger partial charge in [-0.15, -0.1) is 10.2 Å². The molecule has 1 saturated heterocycles. The maximum absolute atomic E-state index is 12.3. The van der Waals surface area contributed by atoms with E-state index in [0.29, 0.717) is 37.8 Å². The summed E-state index contributed by atoms with van der Waals surface area (Å²) in [7, 11) is 0. The molecule has 1 aliphatic heterocycles. The number of hydrogen-bond donors (Lipinski definition) is 1. The Morgan fingerprint density at radius 3 is 2.43 bits per heavy atom. The van der Waals surface area contributed by atoms with E-state index >= 15 is 0 Å². The summed E-state index contributed by atoms with van der Waals surface area (Å²) in [6.07, 6.45) is 6.89. The van der Waals surface area contributed by atoms with Crippen LogP contribution in [0.15, 0.2) is 34.9 Å². The van der Waals surface area contributed by atoms with Gasteiger partial charge in [0.1, 0.15) is 0 Å². The van der Waals surface area contributed by atoms with Crippen LogP contribution < -0.4 is 10.2 Å². The highest BCUT2D eigenvalue weighted by atomic mass is 16.3. The molecule has 3 heterocycles. The van der Waals surface area contributed by atoms with Crippen molar-refractivity contribution in [3.63, 3.8) is 0 Å². The third-order valence-corrected chi connectivity index (χ3v) is 5.50. The fourth-order valence-corrected chi connectivity index (χ4v) is 3.85. The Balaban J connectivity index is 1.30. The van der Waals surface area contributed by atoms with Crippen LogP contribution >= 0.6 is 0 Å². The Kier molecular flexibility index (Phi) is 5.55. The van der Waals surface area contributed by atoms with E-state index in [1.807, 2.05) is 6.07 Å². The number of aromatic nitrogens is 2. The van der Waals surface area contributed by atoms with Crippen LogP contribution in [0.4, 0.5) is 11.6 Å². The maximum Gasteiger partial charge on any atom is 0.289 e. The molecule has 4 rings (SSSR count). The van der Waals surface area contributed by atoms with Crippen LogP contribution in [0.3, 0.4) is 0 Å². The Labute approximate surface area is 163 Å².